The van der Waals surface area contributed by atoms with Gasteiger partial charge in [-0.15, -0.1) is 0 Å². The summed E-state index contributed by atoms with van der Waals surface area (Å²) in [5.74, 6) is 0.377. The summed E-state index contributed by atoms with van der Waals surface area (Å²) in [5.41, 5.74) is 3.07. The Balaban J connectivity index is 1.99. The number of benzene rings is 2. The lowest BCUT2D eigenvalue weighted by Gasteiger charge is -2.16. The van der Waals surface area contributed by atoms with Crippen molar-refractivity contribution in [2.24, 2.45) is 0 Å². The Morgan fingerprint density at radius 2 is 2.00 bits per heavy atom. The Morgan fingerprint density at radius 3 is 2.59 bits per heavy atom. The molecule has 0 aliphatic rings. The number of carboxylic acid groups (broad SMARTS) is 1. The molecule has 138 valence electrons. The Labute approximate surface area is 156 Å². The maximum Gasteiger partial charge on any atom is 0.335 e. The van der Waals surface area contributed by atoms with Crippen molar-refractivity contribution in [1.82, 2.24) is 4.98 Å². The van der Waals surface area contributed by atoms with Crippen molar-refractivity contribution in [2.45, 2.75) is 6.54 Å². The Hall–Kier alpha value is -3.61. The van der Waals surface area contributed by atoms with Crippen molar-refractivity contribution in [3.8, 4) is 5.75 Å². The molecule has 0 fully saturated rings. The number of hydrogen-bond acceptors (Lipinski definition) is 6. The van der Waals surface area contributed by atoms with Crippen LogP contribution in [-0.2, 0) is 6.54 Å². The second-order valence-electron chi connectivity index (χ2n) is 5.88. The summed E-state index contributed by atoms with van der Waals surface area (Å²) in [6.45, 7) is 0.543. The van der Waals surface area contributed by atoms with E-state index in [2.05, 4.69) is 15.6 Å². The topological polar surface area (TPSA) is 107 Å². The molecule has 27 heavy (non-hydrogen) atoms. The van der Waals surface area contributed by atoms with Crippen LogP contribution in [0.4, 0.5) is 11.5 Å². The first-order valence-corrected chi connectivity index (χ1v) is 8.33. The van der Waals surface area contributed by atoms with E-state index in [0.29, 0.717) is 34.5 Å². The van der Waals surface area contributed by atoms with E-state index in [-0.39, 0.29) is 5.56 Å². The minimum atomic E-state index is -1.01. The first-order valence-electron chi connectivity index (χ1n) is 8.33. The van der Waals surface area contributed by atoms with Gasteiger partial charge in [0.25, 0.3) is 0 Å². The van der Waals surface area contributed by atoms with E-state index in [0.717, 1.165) is 11.3 Å². The minimum Gasteiger partial charge on any atom is -0.497 e. The fraction of sp³-hybridized carbons (Fsp3) is 0.150. The van der Waals surface area contributed by atoms with Gasteiger partial charge in [0.15, 0.2) is 5.82 Å². The number of fused-ring (bicyclic) bond motifs is 1. The van der Waals surface area contributed by atoms with Crippen LogP contribution in [0.5, 0.6) is 5.75 Å². The third-order valence-corrected chi connectivity index (χ3v) is 4.29. The largest absolute Gasteiger partial charge is 0.497 e. The average Bonchev–Trinajstić information content (AvgIpc) is 2.70. The number of ether oxygens (including phenoxy) is 1. The van der Waals surface area contributed by atoms with Gasteiger partial charge < -0.3 is 25.9 Å². The highest BCUT2D eigenvalue weighted by atomic mass is 16.5. The summed E-state index contributed by atoms with van der Waals surface area (Å²) in [4.78, 5) is 15.9. The molecule has 0 amide bonds. The van der Waals surface area contributed by atoms with Crippen LogP contribution in [0.15, 0.2) is 42.5 Å². The highest BCUT2D eigenvalue weighted by Gasteiger charge is 2.15. The van der Waals surface area contributed by atoms with Crippen LogP contribution < -0.4 is 15.4 Å². The van der Waals surface area contributed by atoms with Gasteiger partial charge in [0, 0.05) is 30.8 Å². The second kappa shape index (κ2) is 7.74. The first-order chi connectivity index (χ1) is 13.1. The standard InChI is InChI=1S/C20H20N4O3/c1-22-18-16(10-21)15-9-13(20(25)26)5-8-17(15)24-19(18)23-11-12-3-6-14(27-2)7-4-12/h3-10,21-22H,11H2,1-2H3,(H,23,24)(H,25,26). The van der Waals surface area contributed by atoms with Crippen LogP contribution in [0, 0.1) is 5.41 Å². The number of methoxy groups -OCH3 is 1. The zero-order valence-corrected chi connectivity index (χ0v) is 15.0. The third kappa shape index (κ3) is 3.67. The smallest absolute Gasteiger partial charge is 0.335 e. The third-order valence-electron chi connectivity index (χ3n) is 4.29. The molecule has 2 aromatic carbocycles. The fourth-order valence-corrected chi connectivity index (χ4v) is 2.88. The normalized spacial score (nSPS) is 10.4. The van der Waals surface area contributed by atoms with Crippen LogP contribution in [0.25, 0.3) is 10.9 Å². The lowest BCUT2D eigenvalue weighted by atomic mass is 10.0. The molecule has 3 rings (SSSR count). The number of carboxylic acids is 1. The molecule has 3 aromatic rings. The molecule has 1 heterocycles. The first kappa shape index (κ1) is 18.2. The van der Waals surface area contributed by atoms with E-state index < -0.39 is 5.97 Å². The van der Waals surface area contributed by atoms with Gasteiger partial charge >= 0.3 is 5.97 Å². The summed E-state index contributed by atoms with van der Waals surface area (Å²) >= 11 is 0. The molecule has 4 N–H and O–H groups in total. The van der Waals surface area contributed by atoms with E-state index in [1.54, 1.807) is 26.3 Å². The van der Waals surface area contributed by atoms with E-state index in [9.17, 15) is 9.90 Å². The molecule has 0 unspecified atom stereocenters. The number of rotatable bonds is 7. The highest BCUT2D eigenvalue weighted by Crippen LogP contribution is 2.31. The number of carbonyl (C=O) groups is 1. The van der Waals surface area contributed by atoms with Crippen LogP contribution in [0.1, 0.15) is 21.5 Å². The van der Waals surface area contributed by atoms with Gasteiger partial charge in [-0.1, -0.05) is 12.1 Å². The number of aromatic carboxylic acids is 1. The predicted molar refractivity (Wildman–Crippen MR) is 106 cm³/mol. The maximum atomic E-state index is 11.3. The maximum absolute atomic E-state index is 11.3. The van der Waals surface area contributed by atoms with Crippen molar-refractivity contribution in [3.05, 3.63) is 59.2 Å². The molecule has 0 saturated heterocycles. The molecule has 7 heteroatoms. The lowest BCUT2D eigenvalue weighted by Crippen LogP contribution is -2.08. The molecule has 0 aliphatic heterocycles. The zero-order valence-electron chi connectivity index (χ0n) is 15.0. The van der Waals surface area contributed by atoms with Crippen molar-refractivity contribution >= 4 is 34.6 Å². The monoisotopic (exact) mass is 364 g/mol. The van der Waals surface area contributed by atoms with Gasteiger partial charge in [-0.2, -0.15) is 0 Å². The lowest BCUT2D eigenvalue weighted by molar-refractivity contribution is 0.0697. The van der Waals surface area contributed by atoms with Gasteiger partial charge in [-0.05, 0) is 35.9 Å². The van der Waals surface area contributed by atoms with Crippen LogP contribution in [-0.4, -0.2) is 36.4 Å². The number of aromatic nitrogens is 1. The van der Waals surface area contributed by atoms with Crippen molar-refractivity contribution in [2.75, 3.05) is 24.8 Å². The highest BCUT2D eigenvalue weighted by molar-refractivity contribution is 6.07. The van der Waals surface area contributed by atoms with E-state index >= 15 is 0 Å². The van der Waals surface area contributed by atoms with Gasteiger partial charge in [0.1, 0.15) is 5.75 Å². The fourth-order valence-electron chi connectivity index (χ4n) is 2.88. The van der Waals surface area contributed by atoms with Gasteiger partial charge in [-0.3, -0.25) is 0 Å². The van der Waals surface area contributed by atoms with Gasteiger partial charge in [0.05, 0.1) is 23.9 Å². The summed E-state index contributed by atoms with van der Waals surface area (Å²) < 4.78 is 5.16. The molecular formula is C20H20N4O3. The van der Waals surface area contributed by atoms with Crippen LogP contribution >= 0.6 is 0 Å². The van der Waals surface area contributed by atoms with Gasteiger partial charge in [0.2, 0.25) is 0 Å². The van der Waals surface area contributed by atoms with E-state index in [4.69, 9.17) is 10.1 Å². The number of pyridine rings is 1. The summed E-state index contributed by atoms with van der Waals surface area (Å²) in [6.07, 6.45) is 1.21. The Bertz CT molecular complexity index is 1000. The molecule has 1 aromatic heterocycles. The molecular weight excluding hydrogens is 344 g/mol. The number of anilines is 2. The number of nitrogens with one attached hydrogen (secondary N) is 3. The average molecular weight is 364 g/mol. The quantitative estimate of drug-likeness (QED) is 0.477. The molecule has 0 saturated carbocycles. The Kier molecular flexibility index (Phi) is 5.21. The van der Waals surface area contributed by atoms with Crippen molar-refractivity contribution < 1.29 is 14.6 Å². The zero-order chi connectivity index (χ0) is 19.4. The molecule has 0 bridgehead atoms. The molecule has 0 spiro atoms. The van der Waals surface area contributed by atoms with Crippen LogP contribution in [0.3, 0.4) is 0 Å². The minimum absolute atomic E-state index is 0.161. The summed E-state index contributed by atoms with van der Waals surface area (Å²) in [6, 6.07) is 12.4. The molecule has 7 nitrogen and oxygen atoms in total. The number of hydrogen-bond donors (Lipinski definition) is 4. The number of nitrogens with zero attached hydrogens (tertiary/aromatic N) is 1. The predicted octanol–water partition coefficient (Wildman–Crippen LogP) is 3.59. The van der Waals surface area contributed by atoms with Crippen molar-refractivity contribution in [3.63, 3.8) is 0 Å². The van der Waals surface area contributed by atoms with Crippen LogP contribution in [0.2, 0.25) is 0 Å². The van der Waals surface area contributed by atoms with E-state index in [1.807, 2.05) is 24.3 Å². The molecule has 0 aliphatic carbocycles. The summed E-state index contributed by atoms with van der Waals surface area (Å²) in [7, 11) is 3.37. The van der Waals surface area contributed by atoms with E-state index in [1.165, 1.54) is 12.3 Å². The second-order valence-corrected chi connectivity index (χ2v) is 5.88. The molecule has 0 atom stereocenters. The Morgan fingerprint density at radius 1 is 1.26 bits per heavy atom. The van der Waals surface area contributed by atoms with Crippen molar-refractivity contribution in [1.29, 1.82) is 5.41 Å². The van der Waals surface area contributed by atoms with Gasteiger partial charge in [-0.25, -0.2) is 9.78 Å². The SMILES string of the molecule is CNc1c(NCc2ccc(OC)cc2)nc2ccc(C(=O)O)cc2c1C=N. The summed E-state index contributed by atoms with van der Waals surface area (Å²) in [5, 5.41) is 24.0. The molecule has 0 radical (unpaired) electrons.